The zero-order valence-corrected chi connectivity index (χ0v) is 15.9. The summed E-state index contributed by atoms with van der Waals surface area (Å²) in [5.74, 6) is -0.282. The first-order chi connectivity index (χ1) is 11.8. The Morgan fingerprint density at radius 1 is 1.12 bits per heavy atom. The fourth-order valence-corrected chi connectivity index (χ4v) is 4.17. The molecule has 0 radical (unpaired) electrons. The van der Waals surface area contributed by atoms with Crippen LogP contribution in [0.5, 0.6) is 0 Å². The van der Waals surface area contributed by atoms with Crippen LogP contribution in [0.15, 0.2) is 17.0 Å². The van der Waals surface area contributed by atoms with E-state index in [-0.39, 0.29) is 10.8 Å². The average Bonchev–Trinajstić information content (AvgIpc) is 2.81. The van der Waals surface area contributed by atoms with Gasteiger partial charge in [-0.3, -0.25) is 4.79 Å². The van der Waals surface area contributed by atoms with Crippen molar-refractivity contribution in [3.8, 4) is 0 Å². The molecule has 1 fully saturated rings. The monoisotopic (exact) mass is 367 g/mol. The van der Waals surface area contributed by atoms with Crippen LogP contribution in [0.2, 0.25) is 0 Å². The van der Waals surface area contributed by atoms with Crippen molar-refractivity contribution < 1.29 is 13.2 Å². The van der Waals surface area contributed by atoms with Crippen LogP contribution in [0.3, 0.4) is 0 Å². The molecule has 0 atom stereocenters. The molecule has 1 aliphatic rings. The third-order valence-corrected chi connectivity index (χ3v) is 5.92. The van der Waals surface area contributed by atoms with Gasteiger partial charge < -0.3 is 10.6 Å². The van der Waals surface area contributed by atoms with Crippen molar-refractivity contribution in [1.29, 1.82) is 0 Å². The molecule has 1 saturated carbocycles. The molecule has 0 bridgehead atoms. The molecule has 1 aliphatic carbocycles. The van der Waals surface area contributed by atoms with E-state index < -0.39 is 10.0 Å². The molecule has 1 amide bonds. The highest BCUT2D eigenvalue weighted by Crippen LogP contribution is 2.20. The highest BCUT2D eigenvalue weighted by Gasteiger charge is 2.17. The maximum Gasteiger partial charge on any atom is 0.251 e. The number of rotatable bonds is 6. The lowest BCUT2D eigenvalue weighted by atomic mass is 10.1. The summed E-state index contributed by atoms with van der Waals surface area (Å²) in [5.41, 5.74) is 1.63. The molecule has 1 aromatic carbocycles. The van der Waals surface area contributed by atoms with E-state index in [0.29, 0.717) is 30.3 Å². The molecule has 0 spiro atoms. The molecule has 25 heavy (non-hydrogen) atoms. The summed E-state index contributed by atoms with van der Waals surface area (Å²) in [4.78, 5) is 12.3. The number of sulfonamides is 1. The molecule has 0 aliphatic heterocycles. The van der Waals surface area contributed by atoms with Gasteiger partial charge in [0.05, 0.1) is 4.90 Å². The predicted molar refractivity (Wildman–Crippen MR) is 99.1 cm³/mol. The maximum atomic E-state index is 12.3. The Morgan fingerprint density at radius 2 is 1.76 bits per heavy atom. The van der Waals surface area contributed by atoms with Crippen LogP contribution < -0.4 is 15.8 Å². The number of nitrogens with two attached hydrogens (primary N) is 1. The molecule has 4 N–H and O–H groups in total. The largest absolute Gasteiger partial charge is 0.351 e. The molecule has 7 heteroatoms. The zero-order chi connectivity index (χ0) is 18.4. The summed E-state index contributed by atoms with van der Waals surface area (Å²) in [6.45, 7) is 4.68. The van der Waals surface area contributed by atoms with Crippen molar-refractivity contribution in [1.82, 2.24) is 10.6 Å². The molecule has 140 valence electrons. The fraction of sp³-hybridized carbons (Fsp3) is 0.611. The minimum atomic E-state index is -3.85. The van der Waals surface area contributed by atoms with E-state index in [1.165, 1.54) is 44.6 Å². The van der Waals surface area contributed by atoms with Gasteiger partial charge in [0.1, 0.15) is 0 Å². The Morgan fingerprint density at radius 3 is 2.36 bits per heavy atom. The summed E-state index contributed by atoms with van der Waals surface area (Å²) in [6, 6.07) is 3.58. The van der Waals surface area contributed by atoms with Gasteiger partial charge in [0.2, 0.25) is 10.0 Å². The Labute approximate surface area is 150 Å². The Balaban J connectivity index is 1.91. The third kappa shape index (κ3) is 5.80. The number of primary sulfonamides is 1. The second-order valence-corrected chi connectivity index (χ2v) is 8.39. The van der Waals surface area contributed by atoms with Crippen LogP contribution in [0.1, 0.15) is 60.0 Å². The molecule has 0 saturated heterocycles. The van der Waals surface area contributed by atoms with E-state index in [2.05, 4.69) is 10.6 Å². The minimum Gasteiger partial charge on any atom is -0.351 e. The van der Waals surface area contributed by atoms with Crippen LogP contribution in [0, 0.1) is 13.8 Å². The first-order valence-electron chi connectivity index (χ1n) is 8.94. The van der Waals surface area contributed by atoms with E-state index in [0.717, 1.165) is 5.56 Å². The van der Waals surface area contributed by atoms with Crippen molar-refractivity contribution in [3.63, 3.8) is 0 Å². The number of hydrogen-bond acceptors (Lipinski definition) is 4. The number of benzene rings is 1. The maximum absolute atomic E-state index is 12.3. The van der Waals surface area contributed by atoms with Crippen molar-refractivity contribution in [2.75, 3.05) is 13.1 Å². The molecular weight excluding hydrogens is 338 g/mol. The van der Waals surface area contributed by atoms with Gasteiger partial charge in [0.15, 0.2) is 0 Å². The van der Waals surface area contributed by atoms with Gasteiger partial charge in [-0.05, 0) is 49.9 Å². The van der Waals surface area contributed by atoms with Gasteiger partial charge in [0.25, 0.3) is 5.91 Å². The van der Waals surface area contributed by atoms with Gasteiger partial charge in [-0.25, -0.2) is 13.6 Å². The van der Waals surface area contributed by atoms with Gasteiger partial charge in [-0.1, -0.05) is 25.7 Å². The Hall–Kier alpha value is -1.44. The van der Waals surface area contributed by atoms with Crippen LogP contribution in [0.4, 0.5) is 0 Å². The molecule has 0 unspecified atom stereocenters. The zero-order valence-electron chi connectivity index (χ0n) is 15.1. The van der Waals surface area contributed by atoms with Gasteiger partial charge in [-0.2, -0.15) is 0 Å². The highest BCUT2D eigenvalue weighted by molar-refractivity contribution is 7.89. The molecule has 2 rings (SSSR count). The number of nitrogens with one attached hydrogen (secondary N) is 2. The van der Waals surface area contributed by atoms with Crippen molar-refractivity contribution in [2.45, 2.75) is 63.3 Å². The standard InChI is InChI=1S/C18H29N3O3S/c1-13-11-15(12-17(14(13)2)25(19,23)24)18(22)21-10-9-20-16-7-5-3-4-6-8-16/h11-12,16,20H,3-10H2,1-2H3,(H,21,22)(H2,19,23,24). The average molecular weight is 368 g/mol. The third-order valence-electron chi connectivity index (χ3n) is 4.89. The normalized spacial score (nSPS) is 16.4. The lowest BCUT2D eigenvalue weighted by Crippen LogP contribution is -2.37. The molecule has 6 nitrogen and oxygen atoms in total. The molecular formula is C18H29N3O3S. The van der Waals surface area contributed by atoms with E-state index in [1.807, 2.05) is 0 Å². The van der Waals surface area contributed by atoms with Crippen molar-refractivity contribution >= 4 is 15.9 Å². The number of carbonyl (C=O) groups excluding carboxylic acids is 1. The van der Waals surface area contributed by atoms with Gasteiger partial charge in [0, 0.05) is 24.7 Å². The topological polar surface area (TPSA) is 101 Å². The second kappa shape index (κ2) is 8.78. The smallest absolute Gasteiger partial charge is 0.251 e. The first-order valence-corrected chi connectivity index (χ1v) is 10.5. The summed E-state index contributed by atoms with van der Waals surface area (Å²) in [6.07, 6.45) is 7.56. The lowest BCUT2D eigenvalue weighted by molar-refractivity contribution is 0.0953. The van der Waals surface area contributed by atoms with Crippen LogP contribution in [0.25, 0.3) is 0 Å². The molecule has 0 aromatic heterocycles. The van der Waals surface area contributed by atoms with Crippen LogP contribution in [-0.4, -0.2) is 33.5 Å². The first kappa shape index (κ1) is 19.9. The van der Waals surface area contributed by atoms with Crippen molar-refractivity contribution in [2.24, 2.45) is 5.14 Å². The van der Waals surface area contributed by atoms with E-state index in [9.17, 15) is 13.2 Å². The number of hydrogen-bond donors (Lipinski definition) is 3. The SMILES string of the molecule is Cc1cc(C(=O)NCCNC2CCCCCC2)cc(S(N)(=O)=O)c1C. The van der Waals surface area contributed by atoms with E-state index in [4.69, 9.17) is 5.14 Å². The molecule has 1 aromatic rings. The summed E-state index contributed by atoms with van der Waals surface area (Å²) < 4.78 is 23.4. The van der Waals surface area contributed by atoms with Crippen molar-refractivity contribution in [3.05, 3.63) is 28.8 Å². The summed E-state index contributed by atoms with van der Waals surface area (Å²) >= 11 is 0. The number of aryl methyl sites for hydroxylation is 1. The number of amides is 1. The summed E-state index contributed by atoms with van der Waals surface area (Å²) in [5, 5.41) is 11.6. The lowest BCUT2D eigenvalue weighted by Gasteiger charge is -2.16. The highest BCUT2D eigenvalue weighted by atomic mass is 32.2. The van der Waals surface area contributed by atoms with Gasteiger partial charge >= 0.3 is 0 Å². The van der Waals surface area contributed by atoms with Crippen LogP contribution in [-0.2, 0) is 10.0 Å². The van der Waals surface area contributed by atoms with Gasteiger partial charge in [-0.15, -0.1) is 0 Å². The number of carbonyl (C=O) groups is 1. The summed E-state index contributed by atoms with van der Waals surface area (Å²) in [7, 11) is -3.85. The fourth-order valence-electron chi connectivity index (χ4n) is 3.29. The Bertz CT molecular complexity index is 709. The van der Waals surface area contributed by atoms with E-state index >= 15 is 0 Å². The van der Waals surface area contributed by atoms with Crippen LogP contribution >= 0.6 is 0 Å². The molecule has 0 heterocycles. The quantitative estimate of drug-likeness (QED) is 0.529. The minimum absolute atomic E-state index is 0.00855. The van der Waals surface area contributed by atoms with E-state index in [1.54, 1.807) is 19.9 Å². The second-order valence-electron chi connectivity index (χ2n) is 6.86. The Kier molecular flexibility index (Phi) is 6.98. The predicted octanol–water partition coefficient (Wildman–Crippen LogP) is 1.99.